The average Bonchev–Trinajstić information content (AvgIpc) is 3.28. The quantitative estimate of drug-likeness (QED) is 0.406. The van der Waals surface area contributed by atoms with Crippen LogP contribution in [-0.4, -0.2) is 72.9 Å². The number of nitrogens with zero attached hydrogens (tertiary/aromatic N) is 2. The summed E-state index contributed by atoms with van der Waals surface area (Å²) in [5, 5.41) is 4.96. The molecule has 0 unspecified atom stereocenters. The van der Waals surface area contributed by atoms with E-state index in [0.717, 1.165) is 55.8 Å². The van der Waals surface area contributed by atoms with Gasteiger partial charge in [0.2, 0.25) is 0 Å². The van der Waals surface area contributed by atoms with Crippen LogP contribution in [0.15, 0.2) is 29.1 Å². The van der Waals surface area contributed by atoms with Gasteiger partial charge >= 0.3 is 0 Å². The molecule has 0 bridgehead atoms. The number of thiocarbonyl (C=S) groups is 1. The number of methoxy groups -OCH3 is 1. The van der Waals surface area contributed by atoms with Crippen LogP contribution in [0.1, 0.15) is 31.7 Å². The Morgan fingerprint density at radius 2 is 2.10 bits per heavy atom. The summed E-state index contributed by atoms with van der Waals surface area (Å²) in [4.78, 5) is 20.3. The molecule has 0 radical (unpaired) electrons. The Kier molecular flexibility index (Phi) is 9.12. The maximum absolute atomic E-state index is 12.8. The molecule has 1 aliphatic rings. The first kappa shape index (κ1) is 23.5. The number of hydrogen-bond acceptors (Lipinski definition) is 5. The summed E-state index contributed by atoms with van der Waals surface area (Å²) in [5.74, 6) is 0.800. The standard InChI is InChI=1S/C23H34N4O3S/c1-3-30-20-7-8-21-18(16-20)15-19(22(28)25-21)17-27(13-12-26-10-4-5-11-26)23(31)24-9-6-14-29-2/h7-8,15-16H,3-6,9-14,17H2,1-2H3,(H,24,31)(H,25,28). The molecule has 0 aliphatic carbocycles. The number of fused-ring (bicyclic) bond motifs is 1. The van der Waals surface area contributed by atoms with Gasteiger partial charge in [0.15, 0.2) is 5.11 Å². The Hall–Kier alpha value is -2.16. The van der Waals surface area contributed by atoms with Gasteiger partial charge < -0.3 is 29.6 Å². The average molecular weight is 447 g/mol. The molecule has 1 fully saturated rings. The van der Waals surface area contributed by atoms with Gasteiger partial charge in [-0.15, -0.1) is 0 Å². The number of nitrogens with one attached hydrogen (secondary N) is 2. The SMILES string of the molecule is CCOc1ccc2[nH]c(=O)c(CN(CCN3CCCC3)C(=S)NCCCOC)cc2c1. The van der Waals surface area contributed by atoms with Gasteiger partial charge in [-0.3, -0.25) is 4.79 Å². The number of rotatable bonds is 11. The molecule has 1 aliphatic heterocycles. The lowest BCUT2D eigenvalue weighted by atomic mass is 10.1. The predicted molar refractivity (Wildman–Crippen MR) is 129 cm³/mol. The smallest absolute Gasteiger partial charge is 0.253 e. The maximum Gasteiger partial charge on any atom is 0.253 e. The van der Waals surface area contributed by atoms with Crippen molar-refractivity contribution in [3.8, 4) is 5.75 Å². The summed E-state index contributed by atoms with van der Waals surface area (Å²) >= 11 is 5.68. The van der Waals surface area contributed by atoms with Crippen molar-refractivity contribution >= 4 is 28.2 Å². The fourth-order valence-electron chi connectivity index (χ4n) is 3.85. The third-order valence-corrected chi connectivity index (χ3v) is 5.94. The molecule has 0 amide bonds. The van der Waals surface area contributed by atoms with Crippen LogP contribution >= 0.6 is 12.2 Å². The second kappa shape index (κ2) is 12.0. The van der Waals surface area contributed by atoms with Gasteiger partial charge in [-0.2, -0.15) is 0 Å². The van der Waals surface area contributed by atoms with Crippen molar-refractivity contribution < 1.29 is 9.47 Å². The molecule has 2 heterocycles. The first-order valence-electron chi connectivity index (χ1n) is 11.1. The van der Waals surface area contributed by atoms with Crippen molar-refractivity contribution in [1.29, 1.82) is 0 Å². The summed E-state index contributed by atoms with van der Waals surface area (Å²) < 4.78 is 10.7. The normalized spacial score (nSPS) is 14.1. The minimum Gasteiger partial charge on any atom is -0.494 e. The summed E-state index contributed by atoms with van der Waals surface area (Å²) in [6, 6.07) is 7.68. The van der Waals surface area contributed by atoms with Crippen LogP contribution in [0.5, 0.6) is 5.75 Å². The number of aromatic nitrogens is 1. The molecule has 7 nitrogen and oxygen atoms in total. The van der Waals surface area contributed by atoms with Gasteiger partial charge in [0.1, 0.15) is 5.75 Å². The second-order valence-electron chi connectivity index (χ2n) is 7.85. The Balaban J connectivity index is 1.75. The van der Waals surface area contributed by atoms with Gasteiger partial charge in [-0.05, 0) is 75.8 Å². The molecule has 8 heteroatoms. The van der Waals surface area contributed by atoms with Gasteiger partial charge in [-0.25, -0.2) is 0 Å². The summed E-state index contributed by atoms with van der Waals surface area (Å²) in [5.41, 5.74) is 1.43. The highest BCUT2D eigenvalue weighted by atomic mass is 32.1. The van der Waals surface area contributed by atoms with Gasteiger partial charge in [0, 0.05) is 49.8 Å². The van der Waals surface area contributed by atoms with Crippen LogP contribution in [0.2, 0.25) is 0 Å². The van der Waals surface area contributed by atoms with E-state index in [-0.39, 0.29) is 5.56 Å². The van der Waals surface area contributed by atoms with Crippen molar-refractivity contribution in [3.63, 3.8) is 0 Å². The van der Waals surface area contributed by atoms with Crippen molar-refractivity contribution in [1.82, 2.24) is 20.1 Å². The largest absolute Gasteiger partial charge is 0.494 e. The third-order valence-electron chi connectivity index (χ3n) is 5.54. The number of benzene rings is 1. The fraction of sp³-hybridized carbons (Fsp3) is 0.565. The van der Waals surface area contributed by atoms with E-state index in [1.54, 1.807) is 7.11 Å². The monoisotopic (exact) mass is 446 g/mol. The molecule has 170 valence electrons. The minimum absolute atomic E-state index is 0.0787. The Bertz CT molecular complexity index is 911. The molecule has 3 rings (SSSR count). The van der Waals surface area contributed by atoms with E-state index in [2.05, 4.69) is 20.1 Å². The molecule has 2 aromatic rings. The lowest BCUT2D eigenvalue weighted by molar-refractivity contribution is 0.195. The number of aromatic amines is 1. The highest BCUT2D eigenvalue weighted by Crippen LogP contribution is 2.20. The van der Waals surface area contributed by atoms with Crippen molar-refractivity contribution in [2.45, 2.75) is 32.7 Å². The molecule has 0 saturated carbocycles. The maximum atomic E-state index is 12.8. The Morgan fingerprint density at radius 3 is 2.84 bits per heavy atom. The van der Waals surface area contributed by atoms with Crippen LogP contribution in [0.3, 0.4) is 0 Å². The lowest BCUT2D eigenvalue weighted by Gasteiger charge is -2.28. The van der Waals surface area contributed by atoms with Crippen LogP contribution in [0.25, 0.3) is 10.9 Å². The molecule has 2 N–H and O–H groups in total. The Labute approximate surface area is 189 Å². The van der Waals surface area contributed by atoms with E-state index >= 15 is 0 Å². The van der Waals surface area contributed by atoms with Crippen molar-refractivity contribution in [2.75, 3.05) is 53.0 Å². The van der Waals surface area contributed by atoms with Gasteiger partial charge in [-0.1, -0.05) is 0 Å². The molecule has 1 saturated heterocycles. The van der Waals surface area contributed by atoms with Crippen molar-refractivity contribution in [3.05, 3.63) is 40.2 Å². The molecule has 31 heavy (non-hydrogen) atoms. The van der Waals surface area contributed by atoms with E-state index in [1.807, 2.05) is 31.2 Å². The lowest BCUT2D eigenvalue weighted by Crippen LogP contribution is -2.44. The van der Waals surface area contributed by atoms with Crippen molar-refractivity contribution in [2.24, 2.45) is 0 Å². The summed E-state index contributed by atoms with van der Waals surface area (Å²) in [6.45, 7) is 8.47. The second-order valence-corrected chi connectivity index (χ2v) is 8.24. The number of H-pyrrole nitrogens is 1. The number of ether oxygens (including phenoxy) is 2. The minimum atomic E-state index is -0.0787. The molecule has 1 aromatic heterocycles. The predicted octanol–water partition coefficient (Wildman–Crippen LogP) is 2.74. The third kappa shape index (κ3) is 6.92. The van der Waals surface area contributed by atoms with Crippen LogP contribution in [0.4, 0.5) is 0 Å². The van der Waals surface area contributed by atoms with Crippen LogP contribution in [-0.2, 0) is 11.3 Å². The van der Waals surface area contributed by atoms with Crippen LogP contribution in [0, 0.1) is 0 Å². The molecule has 0 spiro atoms. The highest BCUT2D eigenvalue weighted by Gasteiger charge is 2.17. The number of likely N-dealkylation sites (tertiary alicyclic amines) is 1. The summed E-state index contributed by atoms with van der Waals surface area (Å²) in [6.07, 6.45) is 3.39. The zero-order chi connectivity index (χ0) is 22.1. The van der Waals surface area contributed by atoms with Gasteiger partial charge in [0.05, 0.1) is 13.2 Å². The zero-order valence-corrected chi connectivity index (χ0v) is 19.4. The Morgan fingerprint density at radius 1 is 1.29 bits per heavy atom. The molecule has 0 atom stereocenters. The van der Waals surface area contributed by atoms with Gasteiger partial charge in [0.25, 0.3) is 5.56 Å². The van der Waals surface area contributed by atoms with E-state index in [0.29, 0.717) is 30.4 Å². The molecule has 1 aromatic carbocycles. The first-order valence-corrected chi connectivity index (χ1v) is 11.5. The van der Waals surface area contributed by atoms with E-state index in [1.165, 1.54) is 12.8 Å². The van der Waals surface area contributed by atoms with Crippen LogP contribution < -0.4 is 15.6 Å². The molecular formula is C23H34N4O3S. The fourth-order valence-corrected chi connectivity index (χ4v) is 4.11. The number of pyridine rings is 1. The highest BCUT2D eigenvalue weighted by molar-refractivity contribution is 7.80. The first-order chi connectivity index (χ1) is 15.1. The number of hydrogen-bond donors (Lipinski definition) is 2. The zero-order valence-electron chi connectivity index (χ0n) is 18.6. The van der Waals surface area contributed by atoms with E-state index in [4.69, 9.17) is 21.7 Å². The summed E-state index contributed by atoms with van der Waals surface area (Å²) in [7, 11) is 1.70. The topological polar surface area (TPSA) is 69.8 Å². The van der Waals surface area contributed by atoms with E-state index < -0.39 is 0 Å². The van der Waals surface area contributed by atoms with E-state index in [9.17, 15) is 4.79 Å². The molecular weight excluding hydrogens is 412 g/mol.